The SMILES string of the molecule is CCOC(=O)CNC(=O)NCc1cnc(C)s1. The molecule has 2 N–H and O–H groups in total. The molecule has 0 saturated carbocycles. The second-order valence-corrected chi connectivity index (χ2v) is 4.51. The molecule has 1 aromatic rings. The van der Waals surface area contributed by atoms with Gasteiger partial charge in [-0.15, -0.1) is 11.3 Å². The number of urea groups is 1. The van der Waals surface area contributed by atoms with E-state index in [1.165, 1.54) is 11.3 Å². The number of nitrogens with one attached hydrogen (secondary N) is 2. The van der Waals surface area contributed by atoms with Crippen molar-refractivity contribution in [2.75, 3.05) is 13.2 Å². The van der Waals surface area contributed by atoms with Crippen LogP contribution in [-0.4, -0.2) is 30.1 Å². The first kappa shape index (κ1) is 13.4. The van der Waals surface area contributed by atoms with Crippen molar-refractivity contribution in [2.45, 2.75) is 20.4 Å². The summed E-state index contributed by atoms with van der Waals surface area (Å²) in [6, 6.07) is -0.399. The zero-order valence-electron chi connectivity index (χ0n) is 9.78. The van der Waals surface area contributed by atoms with E-state index in [9.17, 15) is 9.59 Å². The highest BCUT2D eigenvalue weighted by Gasteiger charge is 2.05. The number of hydrogen-bond acceptors (Lipinski definition) is 5. The van der Waals surface area contributed by atoms with Crippen LogP contribution in [0.3, 0.4) is 0 Å². The summed E-state index contributed by atoms with van der Waals surface area (Å²) in [6.45, 7) is 4.20. The lowest BCUT2D eigenvalue weighted by atomic mass is 10.5. The molecule has 0 atom stereocenters. The highest BCUT2D eigenvalue weighted by atomic mass is 32.1. The first-order valence-corrected chi connectivity index (χ1v) is 6.02. The van der Waals surface area contributed by atoms with Gasteiger partial charge in [0, 0.05) is 11.1 Å². The molecule has 2 amide bonds. The highest BCUT2D eigenvalue weighted by molar-refractivity contribution is 7.11. The van der Waals surface area contributed by atoms with Crippen molar-refractivity contribution in [1.29, 1.82) is 0 Å². The van der Waals surface area contributed by atoms with Crippen molar-refractivity contribution in [1.82, 2.24) is 15.6 Å². The molecular weight excluding hydrogens is 242 g/mol. The summed E-state index contributed by atoms with van der Waals surface area (Å²) in [5, 5.41) is 5.98. The number of aryl methyl sites for hydroxylation is 1. The Kier molecular flexibility index (Phi) is 5.41. The fourth-order valence-electron chi connectivity index (χ4n) is 1.08. The van der Waals surface area contributed by atoms with Crippen LogP contribution in [0.15, 0.2) is 6.20 Å². The minimum Gasteiger partial charge on any atom is -0.465 e. The average molecular weight is 257 g/mol. The number of esters is 1. The van der Waals surface area contributed by atoms with E-state index in [1.54, 1.807) is 13.1 Å². The summed E-state index contributed by atoms with van der Waals surface area (Å²) < 4.78 is 4.67. The van der Waals surface area contributed by atoms with Crippen molar-refractivity contribution < 1.29 is 14.3 Å². The van der Waals surface area contributed by atoms with Gasteiger partial charge >= 0.3 is 12.0 Å². The highest BCUT2D eigenvalue weighted by Crippen LogP contribution is 2.10. The standard InChI is InChI=1S/C10H15N3O3S/c1-3-16-9(14)6-13-10(15)12-5-8-4-11-7(2)17-8/h4H,3,5-6H2,1-2H3,(H2,12,13,15). The minimum absolute atomic E-state index is 0.124. The smallest absolute Gasteiger partial charge is 0.325 e. The van der Waals surface area contributed by atoms with Crippen LogP contribution in [0, 0.1) is 6.92 Å². The van der Waals surface area contributed by atoms with E-state index in [2.05, 4.69) is 20.4 Å². The molecule has 0 fully saturated rings. The molecule has 0 aromatic carbocycles. The molecule has 94 valence electrons. The molecule has 0 unspecified atom stereocenters. The molecule has 0 saturated heterocycles. The van der Waals surface area contributed by atoms with E-state index in [0.717, 1.165) is 9.88 Å². The molecule has 0 aliphatic rings. The number of hydrogen-bond donors (Lipinski definition) is 2. The molecule has 0 spiro atoms. The Morgan fingerprint density at radius 2 is 2.24 bits per heavy atom. The fraction of sp³-hybridized carbons (Fsp3) is 0.500. The number of carbonyl (C=O) groups excluding carboxylic acids is 2. The van der Waals surface area contributed by atoms with E-state index < -0.39 is 12.0 Å². The summed E-state index contributed by atoms with van der Waals surface area (Å²) in [5.74, 6) is -0.448. The quantitative estimate of drug-likeness (QED) is 0.765. The molecule has 0 radical (unpaired) electrons. The second kappa shape index (κ2) is 6.85. The van der Waals surface area contributed by atoms with Crippen LogP contribution < -0.4 is 10.6 Å². The van der Waals surface area contributed by atoms with E-state index in [4.69, 9.17) is 0 Å². The molecule has 1 rings (SSSR count). The predicted molar refractivity (Wildman–Crippen MR) is 63.7 cm³/mol. The molecule has 0 aliphatic heterocycles. The van der Waals surface area contributed by atoms with E-state index in [1.807, 2.05) is 6.92 Å². The largest absolute Gasteiger partial charge is 0.465 e. The van der Waals surface area contributed by atoms with Crippen LogP contribution in [-0.2, 0) is 16.1 Å². The molecule has 6 nitrogen and oxygen atoms in total. The van der Waals surface area contributed by atoms with Crippen molar-refractivity contribution in [3.63, 3.8) is 0 Å². The third-order valence-corrected chi connectivity index (χ3v) is 2.70. The summed E-state index contributed by atoms with van der Waals surface area (Å²) >= 11 is 1.52. The topological polar surface area (TPSA) is 80.3 Å². The number of nitrogens with zero attached hydrogens (tertiary/aromatic N) is 1. The first-order valence-electron chi connectivity index (χ1n) is 5.20. The number of amides is 2. The van der Waals surface area contributed by atoms with Gasteiger partial charge in [0.25, 0.3) is 0 Å². The second-order valence-electron chi connectivity index (χ2n) is 3.19. The zero-order valence-corrected chi connectivity index (χ0v) is 10.6. The maximum Gasteiger partial charge on any atom is 0.325 e. The van der Waals surface area contributed by atoms with Gasteiger partial charge in [0.05, 0.1) is 18.2 Å². The minimum atomic E-state index is -0.448. The van der Waals surface area contributed by atoms with Crippen molar-refractivity contribution in [3.8, 4) is 0 Å². The van der Waals surface area contributed by atoms with Crippen LogP contribution >= 0.6 is 11.3 Å². The fourth-order valence-corrected chi connectivity index (χ4v) is 1.82. The lowest BCUT2D eigenvalue weighted by Crippen LogP contribution is -2.38. The maximum absolute atomic E-state index is 11.3. The summed E-state index contributed by atoms with van der Waals surface area (Å²) in [6.07, 6.45) is 1.71. The molecule has 0 bridgehead atoms. The Morgan fingerprint density at radius 3 is 2.82 bits per heavy atom. The van der Waals surface area contributed by atoms with Gasteiger partial charge < -0.3 is 15.4 Å². The Hall–Kier alpha value is -1.63. The Balaban J connectivity index is 2.19. The monoisotopic (exact) mass is 257 g/mol. The van der Waals surface area contributed by atoms with Gasteiger partial charge in [0.1, 0.15) is 6.54 Å². The number of thiazole rings is 1. The summed E-state index contributed by atoms with van der Waals surface area (Å²) in [7, 11) is 0. The average Bonchev–Trinajstić information content (AvgIpc) is 2.70. The van der Waals surface area contributed by atoms with Gasteiger partial charge in [-0.25, -0.2) is 9.78 Å². The van der Waals surface area contributed by atoms with Crippen LogP contribution in [0.1, 0.15) is 16.8 Å². The molecule has 1 heterocycles. The van der Waals surface area contributed by atoms with Gasteiger partial charge in [0.15, 0.2) is 0 Å². The lowest BCUT2D eigenvalue weighted by molar-refractivity contribution is -0.141. The lowest BCUT2D eigenvalue weighted by Gasteiger charge is -2.05. The van der Waals surface area contributed by atoms with Gasteiger partial charge in [0.2, 0.25) is 0 Å². The van der Waals surface area contributed by atoms with E-state index in [-0.39, 0.29) is 6.54 Å². The maximum atomic E-state index is 11.3. The predicted octanol–water partition coefficient (Wildman–Crippen LogP) is 0.814. The molecule has 0 aliphatic carbocycles. The van der Waals surface area contributed by atoms with Crippen molar-refractivity contribution in [2.24, 2.45) is 0 Å². The van der Waals surface area contributed by atoms with E-state index in [0.29, 0.717) is 13.2 Å². The van der Waals surface area contributed by atoms with Gasteiger partial charge in [-0.3, -0.25) is 4.79 Å². The van der Waals surface area contributed by atoms with Crippen molar-refractivity contribution in [3.05, 3.63) is 16.1 Å². The molecular formula is C10H15N3O3S. The summed E-state index contributed by atoms with van der Waals surface area (Å²) in [4.78, 5) is 27.3. The third kappa shape index (κ3) is 5.30. The van der Waals surface area contributed by atoms with E-state index >= 15 is 0 Å². The van der Waals surface area contributed by atoms with Crippen molar-refractivity contribution >= 4 is 23.3 Å². The third-order valence-electron chi connectivity index (χ3n) is 1.79. The van der Waals surface area contributed by atoms with Crippen LogP contribution in [0.2, 0.25) is 0 Å². The van der Waals surface area contributed by atoms with Crippen LogP contribution in [0.5, 0.6) is 0 Å². The van der Waals surface area contributed by atoms with Gasteiger partial charge in [-0.2, -0.15) is 0 Å². The number of aromatic nitrogens is 1. The Bertz CT molecular complexity index is 392. The number of rotatable bonds is 5. The van der Waals surface area contributed by atoms with Crippen LogP contribution in [0.25, 0.3) is 0 Å². The Morgan fingerprint density at radius 1 is 1.47 bits per heavy atom. The zero-order chi connectivity index (χ0) is 12.7. The number of ether oxygens (including phenoxy) is 1. The number of carbonyl (C=O) groups is 2. The molecule has 1 aromatic heterocycles. The normalized spacial score (nSPS) is 9.76. The molecule has 7 heteroatoms. The summed E-state index contributed by atoms with van der Waals surface area (Å²) in [5.41, 5.74) is 0. The van der Waals surface area contributed by atoms with Crippen LogP contribution in [0.4, 0.5) is 4.79 Å². The van der Waals surface area contributed by atoms with Gasteiger partial charge in [-0.05, 0) is 13.8 Å². The molecule has 17 heavy (non-hydrogen) atoms. The first-order chi connectivity index (χ1) is 8.11. The Labute approximate surface area is 103 Å². The van der Waals surface area contributed by atoms with Gasteiger partial charge in [-0.1, -0.05) is 0 Å².